The Morgan fingerprint density at radius 2 is 1.86 bits per heavy atom. The predicted molar refractivity (Wildman–Crippen MR) is 76.3 cm³/mol. The minimum absolute atomic E-state index is 0.0237. The molecule has 1 amide bonds. The number of ether oxygens (including phenoxy) is 1. The first-order valence-electron chi connectivity index (χ1n) is 7.38. The molecule has 112 valence electrons. The number of carbonyl (C=O) groups is 2. The van der Waals surface area contributed by atoms with E-state index in [4.69, 9.17) is 9.84 Å². The average molecular weight is 289 g/mol. The van der Waals surface area contributed by atoms with Crippen LogP contribution in [0.25, 0.3) is 0 Å². The lowest BCUT2D eigenvalue weighted by molar-refractivity contribution is -0.145. The highest BCUT2D eigenvalue weighted by Gasteiger charge is 2.35. The van der Waals surface area contributed by atoms with Crippen molar-refractivity contribution in [1.29, 1.82) is 0 Å². The maximum Gasteiger partial charge on any atom is 0.306 e. The maximum atomic E-state index is 12.0. The van der Waals surface area contributed by atoms with Gasteiger partial charge in [-0.05, 0) is 55.9 Å². The van der Waals surface area contributed by atoms with E-state index in [1.165, 1.54) is 12.8 Å². The molecule has 2 aliphatic carbocycles. The van der Waals surface area contributed by atoms with E-state index in [1.807, 2.05) is 0 Å². The smallest absolute Gasteiger partial charge is 0.306 e. The van der Waals surface area contributed by atoms with Crippen molar-refractivity contribution in [2.45, 2.75) is 31.7 Å². The van der Waals surface area contributed by atoms with E-state index in [0.29, 0.717) is 24.3 Å². The van der Waals surface area contributed by atoms with Crippen LogP contribution in [0, 0.1) is 11.8 Å². The fourth-order valence-corrected chi connectivity index (χ4v) is 2.41. The number of carboxylic acids is 1. The van der Waals surface area contributed by atoms with Crippen LogP contribution in [-0.2, 0) is 4.79 Å². The van der Waals surface area contributed by atoms with Gasteiger partial charge in [0.15, 0.2) is 0 Å². The van der Waals surface area contributed by atoms with Crippen molar-refractivity contribution in [1.82, 2.24) is 5.32 Å². The van der Waals surface area contributed by atoms with E-state index in [1.54, 1.807) is 24.3 Å². The van der Waals surface area contributed by atoms with Crippen molar-refractivity contribution in [3.8, 4) is 5.75 Å². The van der Waals surface area contributed by atoms with Gasteiger partial charge in [-0.3, -0.25) is 9.59 Å². The Balaban J connectivity index is 1.47. The molecule has 1 aromatic rings. The lowest BCUT2D eigenvalue weighted by atomic mass is 9.80. The van der Waals surface area contributed by atoms with Crippen molar-refractivity contribution >= 4 is 11.9 Å². The first-order chi connectivity index (χ1) is 10.1. The topological polar surface area (TPSA) is 75.6 Å². The molecule has 0 radical (unpaired) electrons. The van der Waals surface area contributed by atoms with Gasteiger partial charge in [-0.15, -0.1) is 0 Å². The fourth-order valence-electron chi connectivity index (χ4n) is 2.41. The largest absolute Gasteiger partial charge is 0.493 e. The van der Waals surface area contributed by atoms with E-state index in [-0.39, 0.29) is 17.9 Å². The fraction of sp³-hybridized carbons (Fsp3) is 0.500. The van der Waals surface area contributed by atoms with Crippen molar-refractivity contribution in [2.75, 3.05) is 6.61 Å². The van der Waals surface area contributed by atoms with Crippen molar-refractivity contribution in [3.05, 3.63) is 29.8 Å². The average Bonchev–Trinajstić information content (AvgIpc) is 3.24. The van der Waals surface area contributed by atoms with Gasteiger partial charge < -0.3 is 15.2 Å². The lowest BCUT2D eigenvalue weighted by Crippen LogP contribution is -2.46. The standard InChI is InChI=1S/C16H19NO4/c18-15(17-13-7-12(8-13)16(19)20)11-3-5-14(6-4-11)21-9-10-1-2-10/h3-6,10,12-13H,1-2,7-9H2,(H,17,18)(H,19,20). The molecule has 2 fully saturated rings. The van der Waals surface area contributed by atoms with E-state index in [0.717, 1.165) is 12.4 Å². The second-order valence-electron chi connectivity index (χ2n) is 5.96. The third kappa shape index (κ3) is 3.54. The van der Waals surface area contributed by atoms with Crippen LogP contribution in [0.3, 0.4) is 0 Å². The van der Waals surface area contributed by atoms with Crippen LogP contribution in [0.1, 0.15) is 36.0 Å². The van der Waals surface area contributed by atoms with E-state index >= 15 is 0 Å². The van der Waals surface area contributed by atoms with Gasteiger partial charge >= 0.3 is 5.97 Å². The zero-order chi connectivity index (χ0) is 14.8. The summed E-state index contributed by atoms with van der Waals surface area (Å²) in [5.74, 6) is 0.241. The van der Waals surface area contributed by atoms with E-state index in [9.17, 15) is 9.59 Å². The number of benzene rings is 1. The van der Waals surface area contributed by atoms with Crippen LogP contribution in [0.4, 0.5) is 0 Å². The van der Waals surface area contributed by atoms with Gasteiger partial charge in [0, 0.05) is 11.6 Å². The number of hydrogen-bond acceptors (Lipinski definition) is 3. The molecule has 2 aliphatic rings. The van der Waals surface area contributed by atoms with Crippen molar-refractivity contribution in [2.24, 2.45) is 11.8 Å². The first-order valence-corrected chi connectivity index (χ1v) is 7.38. The van der Waals surface area contributed by atoms with Crippen LogP contribution >= 0.6 is 0 Å². The molecule has 21 heavy (non-hydrogen) atoms. The number of nitrogens with one attached hydrogen (secondary N) is 1. The summed E-state index contributed by atoms with van der Waals surface area (Å²) >= 11 is 0. The summed E-state index contributed by atoms with van der Waals surface area (Å²) in [7, 11) is 0. The highest BCUT2D eigenvalue weighted by Crippen LogP contribution is 2.30. The number of rotatable bonds is 6. The normalized spacial score (nSPS) is 24.0. The molecule has 0 spiro atoms. The molecule has 0 aliphatic heterocycles. The quantitative estimate of drug-likeness (QED) is 0.840. The van der Waals surface area contributed by atoms with Crippen LogP contribution in [-0.4, -0.2) is 29.6 Å². The first kappa shape index (κ1) is 13.9. The monoisotopic (exact) mass is 289 g/mol. The molecule has 2 N–H and O–H groups in total. The molecule has 3 rings (SSSR count). The van der Waals surface area contributed by atoms with Gasteiger partial charge in [0.05, 0.1) is 12.5 Å². The van der Waals surface area contributed by atoms with Gasteiger partial charge in [-0.1, -0.05) is 0 Å². The maximum absolute atomic E-state index is 12.0. The van der Waals surface area contributed by atoms with Gasteiger partial charge in [0.1, 0.15) is 5.75 Å². The second kappa shape index (κ2) is 5.76. The Bertz CT molecular complexity index is 530. The summed E-state index contributed by atoms with van der Waals surface area (Å²) in [6.45, 7) is 0.754. The molecule has 0 heterocycles. The number of aliphatic carboxylic acids is 1. The number of hydrogen-bond donors (Lipinski definition) is 2. The van der Waals surface area contributed by atoms with Crippen LogP contribution < -0.4 is 10.1 Å². The van der Waals surface area contributed by atoms with Gasteiger partial charge in [0.25, 0.3) is 5.91 Å². The summed E-state index contributed by atoms with van der Waals surface area (Å²) < 4.78 is 5.62. The van der Waals surface area contributed by atoms with E-state index < -0.39 is 5.97 Å². The summed E-state index contributed by atoms with van der Waals surface area (Å²) in [4.78, 5) is 22.7. The molecule has 5 nitrogen and oxygen atoms in total. The number of carbonyl (C=O) groups excluding carboxylic acids is 1. The zero-order valence-electron chi connectivity index (χ0n) is 11.7. The Hall–Kier alpha value is -2.04. The molecule has 0 aromatic heterocycles. The SMILES string of the molecule is O=C(NC1CC(C(=O)O)C1)c1ccc(OCC2CC2)cc1. The van der Waals surface area contributed by atoms with Crippen molar-refractivity contribution < 1.29 is 19.4 Å². The summed E-state index contributed by atoms with van der Waals surface area (Å²) in [5.41, 5.74) is 0.576. The summed E-state index contributed by atoms with van der Waals surface area (Å²) in [5, 5.41) is 11.7. The van der Waals surface area contributed by atoms with Gasteiger partial charge in [0.2, 0.25) is 0 Å². The Labute approximate surface area is 123 Å². The van der Waals surface area contributed by atoms with Crippen LogP contribution in [0.2, 0.25) is 0 Å². The Morgan fingerprint density at radius 3 is 2.43 bits per heavy atom. The third-order valence-electron chi connectivity index (χ3n) is 4.12. The number of carboxylic acid groups (broad SMARTS) is 1. The lowest BCUT2D eigenvalue weighted by Gasteiger charge is -2.32. The third-order valence-corrected chi connectivity index (χ3v) is 4.12. The van der Waals surface area contributed by atoms with Gasteiger partial charge in [-0.2, -0.15) is 0 Å². The molecule has 2 saturated carbocycles. The molecule has 5 heteroatoms. The summed E-state index contributed by atoms with van der Waals surface area (Å²) in [6, 6.07) is 7.07. The molecule has 0 bridgehead atoms. The molecule has 0 saturated heterocycles. The highest BCUT2D eigenvalue weighted by molar-refractivity contribution is 5.94. The molecular formula is C16H19NO4. The predicted octanol–water partition coefficient (Wildman–Crippen LogP) is 2.07. The summed E-state index contributed by atoms with van der Waals surface area (Å²) in [6.07, 6.45) is 3.53. The van der Waals surface area contributed by atoms with Crippen LogP contribution in [0.15, 0.2) is 24.3 Å². The Morgan fingerprint density at radius 1 is 1.19 bits per heavy atom. The molecule has 0 atom stereocenters. The van der Waals surface area contributed by atoms with E-state index in [2.05, 4.69) is 5.32 Å². The molecule has 1 aromatic carbocycles. The second-order valence-corrected chi connectivity index (χ2v) is 5.96. The van der Waals surface area contributed by atoms with Crippen LogP contribution in [0.5, 0.6) is 5.75 Å². The van der Waals surface area contributed by atoms with Crippen molar-refractivity contribution in [3.63, 3.8) is 0 Å². The molecule has 0 unspecified atom stereocenters. The Kier molecular flexibility index (Phi) is 3.82. The highest BCUT2D eigenvalue weighted by atomic mass is 16.5. The minimum Gasteiger partial charge on any atom is -0.493 e. The molecular weight excluding hydrogens is 270 g/mol. The number of amides is 1. The zero-order valence-corrected chi connectivity index (χ0v) is 11.7. The van der Waals surface area contributed by atoms with Gasteiger partial charge in [-0.25, -0.2) is 0 Å². The minimum atomic E-state index is -0.780.